The maximum absolute atomic E-state index is 13.3. The third-order valence-corrected chi connectivity index (χ3v) is 7.12. The first-order valence-corrected chi connectivity index (χ1v) is 13.4. The van der Waals surface area contributed by atoms with Crippen LogP contribution in [0.2, 0.25) is 0 Å². The second-order valence-corrected chi connectivity index (χ2v) is 9.61. The number of benzene rings is 4. The highest BCUT2D eigenvalue weighted by atomic mass is 16.5. The maximum atomic E-state index is 13.3. The zero-order valence-electron chi connectivity index (χ0n) is 22.4. The smallest absolute Gasteiger partial charge is 0.256 e. The monoisotopic (exact) mass is 522 g/mol. The molecule has 1 fully saturated rings. The van der Waals surface area contributed by atoms with E-state index < -0.39 is 0 Å². The van der Waals surface area contributed by atoms with Crippen LogP contribution >= 0.6 is 0 Å². The lowest BCUT2D eigenvalue weighted by atomic mass is 10.0. The van der Waals surface area contributed by atoms with Gasteiger partial charge in [-0.3, -0.25) is 9.59 Å². The van der Waals surface area contributed by atoms with E-state index in [0.29, 0.717) is 23.4 Å². The number of hydrogen-bond acceptors (Lipinski definition) is 5. The minimum absolute atomic E-state index is 0.139. The van der Waals surface area contributed by atoms with Crippen LogP contribution in [0.5, 0.6) is 5.75 Å². The number of carbonyl (C=O) groups excluding carboxylic acids is 2. The van der Waals surface area contributed by atoms with Gasteiger partial charge in [0.25, 0.3) is 11.8 Å². The molecule has 1 saturated heterocycles. The van der Waals surface area contributed by atoms with Crippen molar-refractivity contribution in [1.82, 2.24) is 5.32 Å². The Hall–Kier alpha value is -4.52. The highest BCUT2D eigenvalue weighted by Gasteiger charge is 2.24. The van der Waals surface area contributed by atoms with Crippen LogP contribution in [-0.4, -0.2) is 51.6 Å². The summed E-state index contributed by atoms with van der Waals surface area (Å²) in [6.45, 7) is 5.74. The molecule has 0 spiro atoms. The molecule has 5 rings (SSSR count). The number of ether oxygens (including phenoxy) is 1. The largest absolute Gasteiger partial charge is 0.495 e. The molecule has 1 aliphatic heterocycles. The van der Waals surface area contributed by atoms with Crippen LogP contribution in [0, 0.1) is 0 Å². The molecule has 0 unspecified atom stereocenters. The van der Waals surface area contributed by atoms with Crippen LogP contribution in [0.1, 0.15) is 34.1 Å². The average Bonchev–Trinajstić information content (AvgIpc) is 2.99. The Labute approximate surface area is 229 Å². The summed E-state index contributed by atoms with van der Waals surface area (Å²) in [5.41, 5.74) is 3.69. The second-order valence-electron chi connectivity index (χ2n) is 9.61. The number of fused-ring (bicyclic) bond motifs is 1. The number of methoxy groups -OCH3 is 1. The van der Waals surface area contributed by atoms with Crippen molar-refractivity contribution in [2.75, 3.05) is 55.0 Å². The summed E-state index contributed by atoms with van der Waals surface area (Å²) in [5, 5.41) is 7.92. The van der Waals surface area contributed by atoms with Gasteiger partial charge in [-0.1, -0.05) is 55.5 Å². The Bertz CT molecular complexity index is 1470. The van der Waals surface area contributed by atoms with E-state index in [1.54, 1.807) is 13.2 Å². The molecule has 1 aliphatic rings. The molecule has 0 radical (unpaired) electrons. The molecule has 2 amide bonds. The number of nitrogens with zero attached hydrogens (tertiary/aromatic N) is 2. The Morgan fingerprint density at radius 2 is 1.46 bits per heavy atom. The SMILES string of the molecule is CCCNC(=O)c1cc(NC(=O)c2cccc3ccccc23)ccc1N1CCN(c2ccccc2OC)CC1. The predicted octanol–water partition coefficient (Wildman–Crippen LogP) is 5.57. The van der Waals surface area contributed by atoms with Crippen molar-refractivity contribution in [3.05, 3.63) is 96.1 Å². The number of anilines is 3. The highest BCUT2D eigenvalue weighted by Crippen LogP contribution is 2.31. The Morgan fingerprint density at radius 1 is 0.769 bits per heavy atom. The number of para-hydroxylation sites is 2. The van der Waals surface area contributed by atoms with Crippen molar-refractivity contribution >= 4 is 39.6 Å². The number of piperazine rings is 1. The van der Waals surface area contributed by atoms with E-state index >= 15 is 0 Å². The molecule has 0 bridgehead atoms. The molecule has 7 heteroatoms. The molecule has 4 aromatic carbocycles. The third kappa shape index (κ3) is 5.67. The first-order chi connectivity index (χ1) is 19.1. The van der Waals surface area contributed by atoms with Gasteiger partial charge in [0.2, 0.25) is 0 Å². The summed E-state index contributed by atoms with van der Waals surface area (Å²) < 4.78 is 5.56. The average molecular weight is 523 g/mol. The molecule has 0 aromatic heterocycles. The fraction of sp³-hybridized carbons (Fsp3) is 0.250. The van der Waals surface area contributed by atoms with Crippen molar-refractivity contribution in [2.24, 2.45) is 0 Å². The molecule has 39 heavy (non-hydrogen) atoms. The third-order valence-electron chi connectivity index (χ3n) is 7.12. The Morgan fingerprint density at radius 3 is 2.23 bits per heavy atom. The van der Waals surface area contributed by atoms with Gasteiger partial charge in [0.15, 0.2) is 0 Å². The van der Waals surface area contributed by atoms with E-state index in [1.807, 2.05) is 79.7 Å². The summed E-state index contributed by atoms with van der Waals surface area (Å²) in [5.74, 6) is 0.516. The Balaban J connectivity index is 1.38. The van der Waals surface area contributed by atoms with Gasteiger partial charge in [0, 0.05) is 49.7 Å². The standard InChI is InChI=1S/C32H34N4O3/c1-3-17-33-31(37)27-22-24(34-32(38)26-12-8-10-23-9-4-5-11-25(23)26)15-16-28(27)35-18-20-36(21-19-35)29-13-6-7-14-30(29)39-2/h4-16,22H,3,17-21H2,1-2H3,(H,33,37)(H,34,38). The molecular weight excluding hydrogens is 488 g/mol. The van der Waals surface area contributed by atoms with Gasteiger partial charge in [-0.25, -0.2) is 0 Å². The maximum Gasteiger partial charge on any atom is 0.256 e. The molecule has 4 aromatic rings. The van der Waals surface area contributed by atoms with E-state index in [2.05, 4.69) is 26.5 Å². The van der Waals surface area contributed by atoms with Gasteiger partial charge in [-0.05, 0) is 53.6 Å². The Kier molecular flexibility index (Phi) is 7.96. The number of hydrogen-bond donors (Lipinski definition) is 2. The first kappa shape index (κ1) is 26.1. The van der Waals surface area contributed by atoms with Crippen LogP contribution < -0.4 is 25.2 Å². The van der Waals surface area contributed by atoms with Crippen LogP contribution in [0.25, 0.3) is 10.8 Å². The summed E-state index contributed by atoms with van der Waals surface area (Å²) in [6, 6.07) is 27.2. The molecule has 1 heterocycles. The zero-order chi connectivity index (χ0) is 27.2. The minimum Gasteiger partial charge on any atom is -0.495 e. The first-order valence-electron chi connectivity index (χ1n) is 13.4. The fourth-order valence-corrected chi connectivity index (χ4v) is 5.11. The van der Waals surface area contributed by atoms with Gasteiger partial charge >= 0.3 is 0 Å². The van der Waals surface area contributed by atoms with E-state index in [0.717, 1.165) is 60.5 Å². The van der Waals surface area contributed by atoms with Gasteiger partial charge in [-0.2, -0.15) is 0 Å². The van der Waals surface area contributed by atoms with Crippen LogP contribution in [-0.2, 0) is 0 Å². The summed E-state index contributed by atoms with van der Waals surface area (Å²) in [7, 11) is 1.69. The zero-order valence-corrected chi connectivity index (χ0v) is 22.4. The number of nitrogens with one attached hydrogen (secondary N) is 2. The van der Waals surface area contributed by atoms with Crippen molar-refractivity contribution < 1.29 is 14.3 Å². The molecular formula is C32H34N4O3. The fourth-order valence-electron chi connectivity index (χ4n) is 5.11. The molecule has 2 N–H and O–H groups in total. The number of amides is 2. The van der Waals surface area contributed by atoms with Crippen molar-refractivity contribution in [3.8, 4) is 5.75 Å². The van der Waals surface area contributed by atoms with Crippen LogP contribution in [0.15, 0.2) is 84.9 Å². The van der Waals surface area contributed by atoms with Crippen molar-refractivity contribution in [1.29, 1.82) is 0 Å². The summed E-state index contributed by atoms with van der Waals surface area (Å²) in [6.07, 6.45) is 0.843. The predicted molar refractivity (Wildman–Crippen MR) is 158 cm³/mol. The molecule has 0 saturated carbocycles. The molecule has 200 valence electrons. The lowest BCUT2D eigenvalue weighted by Crippen LogP contribution is -2.47. The van der Waals surface area contributed by atoms with Crippen LogP contribution in [0.3, 0.4) is 0 Å². The topological polar surface area (TPSA) is 73.9 Å². The highest BCUT2D eigenvalue weighted by molar-refractivity contribution is 6.13. The number of rotatable bonds is 8. The molecule has 7 nitrogen and oxygen atoms in total. The van der Waals surface area contributed by atoms with Gasteiger partial charge in [-0.15, -0.1) is 0 Å². The van der Waals surface area contributed by atoms with Crippen molar-refractivity contribution in [2.45, 2.75) is 13.3 Å². The van der Waals surface area contributed by atoms with E-state index in [9.17, 15) is 9.59 Å². The van der Waals surface area contributed by atoms with Crippen LogP contribution in [0.4, 0.5) is 17.1 Å². The molecule has 0 aliphatic carbocycles. The second kappa shape index (κ2) is 11.9. The summed E-state index contributed by atoms with van der Waals surface area (Å²) in [4.78, 5) is 31.0. The minimum atomic E-state index is -0.204. The van der Waals surface area contributed by atoms with E-state index in [-0.39, 0.29) is 11.8 Å². The van der Waals surface area contributed by atoms with Crippen molar-refractivity contribution in [3.63, 3.8) is 0 Å². The lowest BCUT2D eigenvalue weighted by Gasteiger charge is -2.38. The van der Waals surface area contributed by atoms with Gasteiger partial charge < -0.3 is 25.2 Å². The van der Waals surface area contributed by atoms with Gasteiger partial charge in [0.1, 0.15) is 5.75 Å². The normalized spacial score (nSPS) is 13.3. The summed E-state index contributed by atoms with van der Waals surface area (Å²) >= 11 is 0. The van der Waals surface area contributed by atoms with Gasteiger partial charge in [0.05, 0.1) is 18.4 Å². The lowest BCUT2D eigenvalue weighted by molar-refractivity contribution is 0.0952. The molecule has 0 atom stereocenters. The van der Waals surface area contributed by atoms with E-state index in [4.69, 9.17) is 4.74 Å². The number of carbonyl (C=O) groups is 2. The van der Waals surface area contributed by atoms with E-state index in [1.165, 1.54) is 0 Å². The quantitative estimate of drug-likeness (QED) is 0.317.